The Morgan fingerprint density at radius 1 is 1.32 bits per heavy atom. The summed E-state index contributed by atoms with van der Waals surface area (Å²) in [5.74, 6) is -1.17. The molecule has 7 nitrogen and oxygen atoms in total. The highest BCUT2D eigenvalue weighted by Gasteiger charge is 2.34. The molecule has 1 amide bonds. The number of nitrogens with one attached hydrogen (secondary N) is 1. The Kier molecular flexibility index (Phi) is 5.84. The van der Waals surface area contributed by atoms with Crippen molar-refractivity contribution in [3.05, 3.63) is 29.3 Å². The topological polar surface area (TPSA) is 104 Å². The number of rotatable bonds is 7. The summed E-state index contributed by atoms with van der Waals surface area (Å²) in [6.07, 6.45) is 2.50. The summed E-state index contributed by atoms with van der Waals surface area (Å²) in [5.41, 5.74) is 0.919. The van der Waals surface area contributed by atoms with Crippen molar-refractivity contribution in [2.24, 2.45) is 0 Å². The van der Waals surface area contributed by atoms with E-state index in [9.17, 15) is 18.0 Å². The van der Waals surface area contributed by atoms with Crippen LogP contribution in [0.5, 0.6) is 0 Å². The van der Waals surface area contributed by atoms with Crippen molar-refractivity contribution in [3.8, 4) is 0 Å². The van der Waals surface area contributed by atoms with E-state index >= 15 is 0 Å². The number of sulfone groups is 1. The van der Waals surface area contributed by atoms with Gasteiger partial charge in [-0.1, -0.05) is 13.0 Å². The molecule has 0 unspecified atom stereocenters. The van der Waals surface area contributed by atoms with Gasteiger partial charge in [0.25, 0.3) is 5.91 Å². The molecule has 8 heteroatoms. The molecule has 0 aromatic heterocycles. The molecule has 0 aliphatic heterocycles. The van der Waals surface area contributed by atoms with Gasteiger partial charge in [0.05, 0.1) is 11.4 Å². The van der Waals surface area contributed by atoms with Crippen molar-refractivity contribution in [2.45, 2.75) is 43.7 Å². The molecule has 2 N–H and O–H groups in total. The molecule has 1 aromatic carbocycles. The molecule has 0 saturated heterocycles. The van der Waals surface area contributed by atoms with Gasteiger partial charge in [-0.15, -0.1) is 0 Å². The summed E-state index contributed by atoms with van der Waals surface area (Å²) < 4.78 is 23.5. The molecule has 1 aliphatic rings. The molecule has 0 spiro atoms. The van der Waals surface area contributed by atoms with E-state index in [1.807, 2.05) is 11.8 Å². The zero-order valence-electron chi connectivity index (χ0n) is 14.7. The lowest BCUT2D eigenvalue weighted by Gasteiger charge is -2.42. The third-order valence-electron chi connectivity index (χ3n) is 4.56. The van der Waals surface area contributed by atoms with E-state index in [2.05, 4.69) is 5.32 Å². The number of benzene rings is 1. The first-order valence-electron chi connectivity index (χ1n) is 8.19. The fourth-order valence-electron chi connectivity index (χ4n) is 3.09. The van der Waals surface area contributed by atoms with Crippen LogP contribution in [-0.4, -0.2) is 61.7 Å². The lowest BCUT2D eigenvalue weighted by molar-refractivity contribution is -0.139. The van der Waals surface area contributed by atoms with Gasteiger partial charge in [-0.2, -0.15) is 0 Å². The van der Waals surface area contributed by atoms with E-state index in [-0.39, 0.29) is 29.4 Å². The maximum Gasteiger partial charge on any atom is 0.317 e. The maximum absolute atomic E-state index is 12.3. The molecular weight excluding hydrogens is 344 g/mol. The fourth-order valence-corrected chi connectivity index (χ4v) is 4.08. The van der Waals surface area contributed by atoms with Crippen molar-refractivity contribution >= 4 is 21.7 Å². The van der Waals surface area contributed by atoms with Crippen LogP contribution in [0.3, 0.4) is 0 Å². The van der Waals surface area contributed by atoms with Crippen molar-refractivity contribution in [1.82, 2.24) is 10.2 Å². The molecule has 1 fully saturated rings. The number of carboxylic acid groups (broad SMARTS) is 1. The molecule has 25 heavy (non-hydrogen) atoms. The van der Waals surface area contributed by atoms with Gasteiger partial charge in [0.15, 0.2) is 9.84 Å². The van der Waals surface area contributed by atoms with Crippen LogP contribution in [0.15, 0.2) is 23.1 Å². The minimum atomic E-state index is -3.39. The number of likely N-dealkylation sites (N-methyl/N-ethyl adjacent to an activating group) is 1. The minimum Gasteiger partial charge on any atom is -0.480 e. The zero-order valence-corrected chi connectivity index (χ0v) is 15.5. The first-order chi connectivity index (χ1) is 11.6. The summed E-state index contributed by atoms with van der Waals surface area (Å²) in [5, 5.41) is 11.8. The van der Waals surface area contributed by atoms with Crippen LogP contribution in [0.25, 0.3) is 0 Å². The van der Waals surface area contributed by atoms with Gasteiger partial charge in [-0.05, 0) is 44.0 Å². The lowest BCUT2D eigenvalue weighted by Crippen LogP contribution is -2.54. The van der Waals surface area contributed by atoms with E-state index in [1.54, 1.807) is 19.1 Å². The lowest BCUT2D eigenvalue weighted by atomic mass is 9.85. The van der Waals surface area contributed by atoms with Gasteiger partial charge in [-0.25, -0.2) is 8.42 Å². The van der Waals surface area contributed by atoms with Gasteiger partial charge >= 0.3 is 5.97 Å². The standard InChI is InChI=1S/C17H24N2O5S/c1-4-19(10-16(20)21)14-8-13(9-14)18-17(22)12-6-5-11(2)15(7-12)25(3,23)24/h5-7,13-14H,4,8-10H2,1-3H3,(H,18,22)(H,20,21). The Morgan fingerprint density at radius 2 is 1.96 bits per heavy atom. The highest BCUT2D eigenvalue weighted by Crippen LogP contribution is 2.26. The predicted octanol–water partition coefficient (Wildman–Crippen LogP) is 1.07. The molecule has 0 heterocycles. The summed E-state index contributed by atoms with van der Waals surface area (Å²) in [4.78, 5) is 25.2. The van der Waals surface area contributed by atoms with Gasteiger partial charge < -0.3 is 10.4 Å². The number of carbonyl (C=O) groups is 2. The normalized spacial score (nSPS) is 20.2. The number of nitrogens with zero attached hydrogens (tertiary/aromatic N) is 1. The van der Waals surface area contributed by atoms with E-state index < -0.39 is 15.8 Å². The van der Waals surface area contributed by atoms with Crippen molar-refractivity contribution in [1.29, 1.82) is 0 Å². The van der Waals surface area contributed by atoms with Crippen LogP contribution in [-0.2, 0) is 14.6 Å². The first-order valence-corrected chi connectivity index (χ1v) is 10.1. The van der Waals surface area contributed by atoms with Gasteiger partial charge in [0.2, 0.25) is 0 Å². The van der Waals surface area contributed by atoms with Crippen LogP contribution < -0.4 is 5.32 Å². The Labute approximate surface area is 147 Å². The van der Waals surface area contributed by atoms with Crippen LogP contribution in [0.4, 0.5) is 0 Å². The van der Waals surface area contributed by atoms with Crippen molar-refractivity contribution in [2.75, 3.05) is 19.3 Å². The number of hydrogen-bond acceptors (Lipinski definition) is 5. The summed E-state index contributed by atoms with van der Waals surface area (Å²) >= 11 is 0. The average Bonchev–Trinajstić information content (AvgIpc) is 2.47. The van der Waals surface area contributed by atoms with Gasteiger partial charge in [0.1, 0.15) is 0 Å². The largest absolute Gasteiger partial charge is 0.480 e. The molecule has 1 saturated carbocycles. The summed E-state index contributed by atoms with van der Waals surface area (Å²) in [6, 6.07) is 4.76. The molecule has 1 aliphatic carbocycles. The molecule has 0 bridgehead atoms. The SMILES string of the molecule is CCN(CC(=O)O)C1CC(NC(=O)c2ccc(C)c(S(C)(=O)=O)c2)C1. The first kappa shape index (κ1) is 19.4. The summed E-state index contributed by atoms with van der Waals surface area (Å²) in [6.45, 7) is 4.25. The number of carbonyl (C=O) groups excluding carboxylic acids is 1. The highest BCUT2D eigenvalue weighted by molar-refractivity contribution is 7.90. The Hall–Kier alpha value is -1.93. The van der Waals surface area contributed by atoms with Crippen molar-refractivity contribution < 1.29 is 23.1 Å². The highest BCUT2D eigenvalue weighted by atomic mass is 32.2. The Morgan fingerprint density at radius 3 is 2.48 bits per heavy atom. The molecule has 1 aromatic rings. The van der Waals surface area contributed by atoms with E-state index in [0.29, 0.717) is 30.5 Å². The quantitative estimate of drug-likeness (QED) is 0.746. The van der Waals surface area contributed by atoms with Crippen LogP contribution in [0, 0.1) is 6.92 Å². The second-order valence-electron chi connectivity index (χ2n) is 6.50. The summed E-state index contributed by atoms with van der Waals surface area (Å²) in [7, 11) is -3.39. The van der Waals surface area contributed by atoms with Gasteiger partial charge in [0, 0.05) is 23.9 Å². The third-order valence-corrected chi connectivity index (χ3v) is 5.80. The number of carboxylic acids is 1. The van der Waals surface area contributed by atoms with Crippen molar-refractivity contribution in [3.63, 3.8) is 0 Å². The smallest absolute Gasteiger partial charge is 0.317 e. The number of aliphatic carboxylic acids is 1. The second-order valence-corrected chi connectivity index (χ2v) is 8.49. The Balaban J connectivity index is 1.97. The second kappa shape index (κ2) is 7.53. The molecule has 0 atom stereocenters. The monoisotopic (exact) mass is 368 g/mol. The molecule has 0 radical (unpaired) electrons. The average molecular weight is 368 g/mol. The van der Waals surface area contributed by atoms with Gasteiger partial charge in [-0.3, -0.25) is 14.5 Å². The third kappa shape index (κ3) is 4.79. The molecular formula is C17H24N2O5S. The maximum atomic E-state index is 12.3. The molecule has 138 valence electrons. The van der Waals surface area contributed by atoms with E-state index in [4.69, 9.17) is 5.11 Å². The van der Waals surface area contributed by atoms with E-state index in [0.717, 1.165) is 6.26 Å². The minimum absolute atomic E-state index is 0.00247. The number of hydrogen-bond donors (Lipinski definition) is 2. The fraction of sp³-hybridized carbons (Fsp3) is 0.529. The van der Waals surface area contributed by atoms with Crippen LogP contribution in [0.1, 0.15) is 35.7 Å². The van der Waals surface area contributed by atoms with Crippen LogP contribution in [0.2, 0.25) is 0 Å². The number of amides is 1. The molecule has 2 rings (SSSR count). The number of aryl methyl sites for hydroxylation is 1. The van der Waals surface area contributed by atoms with E-state index in [1.165, 1.54) is 6.07 Å². The predicted molar refractivity (Wildman–Crippen MR) is 93.4 cm³/mol. The van der Waals surface area contributed by atoms with Crippen LogP contribution >= 0.6 is 0 Å². The Bertz CT molecular complexity index is 769. The zero-order chi connectivity index (χ0) is 18.8.